The highest BCUT2D eigenvalue weighted by Gasteiger charge is 2.31. The summed E-state index contributed by atoms with van der Waals surface area (Å²) in [6.07, 6.45) is 5.34. The minimum Gasteiger partial charge on any atom is -0.424 e. The van der Waals surface area contributed by atoms with Gasteiger partial charge in [-0.2, -0.15) is 0 Å². The van der Waals surface area contributed by atoms with Gasteiger partial charge < -0.3 is 9.52 Å². The van der Waals surface area contributed by atoms with E-state index in [0.717, 1.165) is 37.7 Å². The summed E-state index contributed by atoms with van der Waals surface area (Å²) in [7, 11) is 0. The fraction of sp³-hybridized carbons (Fsp3) is 0.846. The Balaban J connectivity index is 1.59. The van der Waals surface area contributed by atoms with Crippen LogP contribution in [0.1, 0.15) is 56.7 Å². The Bertz CT molecular complexity index is 401. The molecule has 1 saturated carbocycles. The zero-order valence-electron chi connectivity index (χ0n) is 10.9. The summed E-state index contributed by atoms with van der Waals surface area (Å²) in [5, 5.41) is 17.8. The SMILES string of the molecule is CC(O)CC1CCCN1Cc1nnc(C2CC2)o1. The van der Waals surface area contributed by atoms with E-state index in [1.165, 1.54) is 19.3 Å². The van der Waals surface area contributed by atoms with E-state index in [1.807, 2.05) is 6.92 Å². The molecule has 2 aliphatic rings. The third-order valence-corrected chi connectivity index (χ3v) is 3.86. The van der Waals surface area contributed by atoms with Gasteiger partial charge in [-0.1, -0.05) is 0 Å². The molecule has 1 aliphatic heterocycles. The number of likely N-dealkylation sites (tertiary alicyclic amines) is 1. The predicted molar refractivity (Wildman–Crippen MR) is 66.0 cm³/mol. The summed E-state index contributed by atoms with van der Waals surface area (Å²) >= 11 is 0. The van der Waals surface area contributed by atoms with Crippen LogP contribution in [0.25, 0.3) is 0 Å². The van der Waals surface area contributed by atoms with Crippen molar-refractivity contribution in [2.75, 3.05) is 6.54 Å². The first-order chi connectivity index (χ1) is 8.72. The smallest absolute Gasteiger partial charge is 0.230 e. The highest BCUT2D eigenvalue weighted by molar-refractivity contribution is 5.00. The van der Waals surface area contributed by atoms with E-state index in [9.17, 15) is 5.11 Å². The average Bonchev–Trinajstić information content (AvgIpc) is 2.93. The maximum atomic E-state index is 9.50. The number of aliphatic hydroxyl groups excluding tert-OH is 1. The minimum absolute atomic E-state index is 0.236. The van der Waals surface area contributed by atoms with Crippen LogP contribution in [0.2, 0.25) is 0 Å². The van der Waals surface area contributed by atoms with Gasteiger partial charge in [0, 0.05) is 12.0 Å². The lowest BCUT2D eigenvalue weighted by molar-refractivity contribution is 0.125. The van der Waals surface area contributed by atoms with Crippen LogP contribution in [-0.4, -0.2) is 38.9 Å². The summed E-state index contributed by atoms with van der Waals surface area (Å²) < 4.78 is 5.70. The monoisotopic (exact) mass is 251 g/mol. The molecule has 2 unspecified atom stereocenters. The Kier molecular flexibility index (Phi) is 3.35. The third-order valence-electron chi connectivity index (χ3n) is 3.86. The van der Waals surface area contributed by atoms with E-state index in [4.69, 9.17) is 4.42 Å². The molecule has 2 heterocycles. The molecule has 0 bridgehead atoms. The van der Waals surface area contributed by atoms with Crippen molar-refractivity contribution in [3.63, 3.8) is 0 Å². The van der Waals surface area contributed by atoms with Gasteiger partial charge >= 0.3 is 0 Å². The molecule has 0 radical (unpaired) electrons. The van der Waals surface area contributed by atoms with Crippen LogP contribution >= 0.6 is 0 Å². The van der Waals surface area contributed by atoms with E-state index < -0.39 is 0 Å². The van der Waals surface area contributed by atoms with Gasteiger partial charge in [0.1, 0.15) is 0 Å². The lowest BCUT2D eigenvalue weighted by atomic mass is 10.1. The fourth-order valence-corrected chi connectivity index (χ4v) is 2.76. The van der Waals surface area contributed by atoms with Crippen molar-refractivity contribution in [2.45, 2.75) is 63.6 Å². The van der Waals surface area contributed by atoms with E-state index in [-0.39, 0.29) is 6.10 Å². The topological polar surface area (TPSA) is 62.4 Å². The first-order valence-corrected chi connectivity index (χ1v) is 6.97. The standard InChI is InChI=1S/C13H21N3O2/c1-9(17)7-11-3-2-6-16(11)8-12-14-15-13(18-12)10-4-5-10/h9-11,17H,2-8H2,1H3. The van der Waals surface area contributed by atoms with Gasteiger partial charge in [0.05, 0.1) is 12.6 Å². The molecule has 1 aromatic rings. The Labute approximate surface area is 107 Å². The van der Waals surface area contributed by atoms with Crippen LogP contribution in [0.4, 0.5) is 0 Å². The number of rotatable bonds is 5. The van der Waals surface area contributed by atoms with Crippen molar-refractivity contribution < 1.29 is 9.52 Å². The number of hydrogen-bond acceptors (Lipinski definition) is 5. The quantitative estimate of drug-likeness (QED) is 0.862. The van der Waals surface area contributed by atoms with E-state index >= 15 is 0 Å². The van der Waals surface area contributed by atoms with E-state index in [1.54, 1.807) is 0 Å². The van der Waals surface area contributed by atoms with Crippen molar-refractivity contribution in [1.29, 1.82) is 0 Å². The van der Waals surface area contributed by atoms with Crippen molar-refractivity contribution >= 4 is 0 Å². The molecule has 5 nitrogen and oxygen atoms in total. The van der Waals surface area contributed by atoms with Crippen LogP contribution in [0.5, 0.6) is 0 Å². The summed E-state index contributed by atoms with van der Waals surface area (Å²) in [4.78, 5) is 2.36. The second-order valence-electron chi connectivity index (χ2n) is 5.66. The normalized spacial score (nSPS) is 26.7. The first kappa shape index (κ1) is 12.1. The van der Waals surface area contributed by atoms with Crippen molar-refractivity contribution in [1.82, 2.24) is 15.1 Å². The Morgan fingerprint density at radius 1 is 1.39 bits per heavy atom. The number of nitrogens with zero attached hydrogens (tertiary/aromatic N) is 3. The van der Waals surface area contributed by atoms with Gasteiger partial charge in [-0.05, 0) is 45.6 Å². The van der Waals surface area contributed by atoms with Gasteiger partial charge in [-0.3, -0.25) is 4.90 Å². The molecular weight excluding hydrogens is 230 g/mol. The molecule has 3 rings (SSSR count). The number of aliphatic hydroxyl groups is 1. The van der Waals surface area contributed by atoms with Crippen LogP contribution in [0.3, 0.4) is 0 Å². The van der Waals surface area contributed by atoms with Gasteiger partial charge in [-0.15, -0.1) is 10.2 Å². The van der Waals surface area contributed by atoms with E-state index in [2.05, 4.69) is 15.1 Å². The van der Waals surface area contributed by atoms with Gasteiger partial charge in [0.25, 0.3) is 0 Å². The zero-order chi connectivity index (χ0) is 12.5. The summed E-state index contributed by atoms with van der Waals surface area (Å²) in [5.74, 6) is 2.07. The first-order valence-electron chi connectivity index (χ1n) is 6.97. The molecule has 1 N–H and O–H groups in total. The Morgan fingerprint density at radius 2 is 2.22 bits per heavy atom. The molecule has 1 aliphatic carbocycles. The van der Waals surface area contributed by atoms with Crippen LogP contribution in [-0.2, 0) is 6.54 Å². The Morgan fingerprint density at radius 3 is 2.94 bits per heavy atom. The van der Waals surface area contributed by atoms with Crippen molar-refractivity contribution in [3.8, 4) is 0 Å². The average molecular weight is 251 g/mol. The lowest BCUT2D eigenvalue weighted by Gasteiger charge is -2.23. The van der Waals surface area contributed by atoms with Gasteiger partial charge in [-0.25, -0.2) is 0 Å². The molecule has 0 aromatic carbocycles. The van der Waals surface area contributed by atoms with Crippen molar-refractivity contribution in [3.05, 3.63) is 11.8 Å². The highest BCUT2D eigenvalue weighted by atomic mass is 16.4. The van der Waals surface area contributed by atoms with Crippen LogP contribution < -0.4 is 0 Å². The van der Waals surface area contributed by atoms with Crippen molar-refractivity contribution in [2.24, 2.45) is 0 Å². The molecule has 1 aromatic heterocycles. The molecule has 5 heteroatoms. The van der Waals surface area contributed by atoms with Crippen LogP contribution in [0.15, 0.2) is 4.42 Å². The summed E-state index contributed by atoms with van der Waals surface area (Å²) in [6.45, 7) is 3.66. The molecule has 100 valence electrons. The Hall–Kier alpha value is -0.940. The molecule has 0 spiro atoms. The number of hydrogen-bond donors (Lipinski definition) is 1. The zero-order valence-corrected chi connectivity index (χ0v) is 10.9. The molecule has 1 saturated heterocycles. The maximum Gasteiger partial charge on any atom is 0.230 e. The molecular formula is C13H21N3O2. The lowest BCUT2D eigenvalue weighted by Crippen LogP contribution is -2.31. The third kappa shape index (κ3) is 2.72. The second kappa shape index (κ2) is 4.97. The maximum absolute atomic E-state index is 9.50. The molecule has 2 atom stereocenters. The molecule has 0 amide bonds. The fourth-order valence-electron chi connectivity index (χ4n) is 2.76. The van der Waals surface area contributed by atoms with Gasteiger partial charge in [0.2, 0.25) is 11.8 Å². The number of aromatic nitrogens is 2. The highest BCUT2D eigenvalue weighted by Crippen LogP contribution is 2.39. The predicted octanol–water partition coefficient (Wildman–Crippen LogP) is 1.68. The summed E-state index contributed by atoms with van der Waals surface area (Å²) in [6, 6.07) is 0.460. The van der Waals surface area contributed by atoms with Crippen LogP contribution in [0, 0.1) is 0 Å². The minimum atomic E-state index is -0.236. The second-order valence-corrected chi connectivity index (χ2v) is 5.66. The largest absolute Gasteiger partial charge is 0.424 e. The molecule has 18 heavy (non-hydrogen) atoms. The summed E-state index contributed by atoms with van der Waals surface area (Å²) in [5.41, 5.74) is 0. The van der Waals surface area contributed by atoms with E-state index in [0.29, 0.717) is 12.0 Å². The van der Waals surface area contributed by atoms with Gasteiger partial charge in [0.15, 0.2) is 0 Å². The molecule has 2 fully saturated rings.